The predicted molar refractivity (Wildman–Crippen MR) is 115 cm³/mol. The maximum Gasteiger partial charge on any atom is 0.335 e. The van der Waals surface area contributed by atoms with Crippen molar-refractivity contribution >= 4 is 39.0 Å². The van der Waals surface area contributed by atoms with Crippen molar-refractivity contribution in [1.82, 2.24) is 10.3 Å². The molecule has 0 saturated carbocycles. The van der Waals surface area contributed by atoms with E-state index >= 15 is 0 Å². The van der Waals surface area contributed by atoms with Crippen LogP contribution in [0.3, 0.4) is 0 Å². The third-order valence-electron chi connectivity index (χ3n) is 5.07. The monoisotopic (exact) mass is 406 g/mol. The lowest BCUT2D eigenvalue weighted by molar-refractivity contribution is -0.120. The normalized spacial score (nSPS) is 13.9. The Labute approximate surface area is 173 Å². The second kappa shape index (κ2) is 8.57. The highest BCUT2D eigenvalue weighted by Gasteiger charge is 2.12. The first-order valence-electron chi connectivity index (χ1n) is 9.76. The molecule has 0 unspecified atom stereocenters. The van der Waals surface area contributed by atoms with E-state index < -0.39 is 5.97 Å². The smallest absolute Gasteiger partial charge is 0.335 e. The lowest BCUT2D eigenvalue weighted by Gasteiger charge is -2.12. The van der Waals surface area contributed by atoms with Crippen LogP contribution in [0.15, 0.2) is 48.5 Å². The van der Waals surface area contributed by atoms with Gasteiger partial charge in [0.15, 0.2) is 0 Å². The van der Waals surface area contributed by atoms with Crippen LogP contribution in [0.25, 0.3) is 15.8 Å². The largest absolute Gasteiger partial charge is 0.478 e. The average Bonchev–Trinajstić information content (AvgIpc) is 3.14. The highest BCUT2D eigenvalue weighted by molar-refractivity contribution is 7.18. The summed E-state index contributed by atoms with van der Waals surface area (Å²) >= 11 is 1.55. The van der Waals surface area contributed by atoms with Crippen molar-refractivity contribution in [2.45, 2.75) is 38.6 Å². The molecule has 3 aromatic rings. The Morgan fingerprint density at radius 1 is 1.14 bits per heavy atom. The Morgan fingerprint density at radius 3 is 2.83 bits per heavy atom. The molecule has 1 heterocycles. The van der Waals surface area contributed by atoms with Gasteiger partial charge in [0.2, 0.25) is 5.91 Å². The summed E-state index contributed by atoms with van der Waals surface area (Å²) in [4.78, 5) is 28.0. The van der Waals surface area contributed by atoms with Crippen molar-refractivity contribution < 1.29 is 14.7 Å². The number of fused-ring (bicyclic) bond motifs is 1. The van der Waals surface area contributed by atoms with E-state index in [4.69, 9.17) is 5.11 Å². The number of amides is 1. The van der Waals surface area contributed by atoms with Crippen LogP contribution in [0.4, 0.5) is 0 Å². The van der Waals surface area contributed by atoms with E-state index in [1.807, 2.05) is 6.07 Å². The van der Waals surface area contributed by atoms with E-state index in [9.17, 15) is 9.59 Å². The Bertz CT molecular complexity index is 1100. The quantitative estimate of drug-likeness (QED) is 0.616. The van der Waals surface area contributed by atoms with Gasteiger partial charge in [-0.1, -0.05) is 24.3 Å². The van der Waals surface area contributed by atoms with Crippen molar-refractivity contribution in [2.24, 2.45) is 0 Å². The molecule has 2 N–H and O–H groups in total. The lowest BCUT2D eigenvalue weighted by Crippen LogP contribution is -2.24. The number of carbonyl (C=O) groups excluding carboxylic acids is 1. The molecule has 0 atom stereocenters. The van der Waals surface area contributed by atoms with Gasteiger partial charge in [0.05, 0.1) is 22.2 Å². The Kier molecular flexibility index (Phi) is 5.71. The molecule has 0 radical (unpaired) electrons. The molecule has 5 nitrogen and oxygen atoms in total. The van der Waals surface area contributed by atoms with Gasteiger partial charge < -0.3 is 10.4 Å². The fourth-order valence-electron chi connectivity index (χ4n) is 3.56. The van der Waals surface area contributed by atoms with Crippen LogP contribution in [0.2, 0.25) is 0 Å². The van der Waals surface area contributed by atoms with E-state index in [1.54, 1.807) is 29.5 Å². The van der Waals surface area contributed by atoms with Gasteiger partial charge >= 0.3 is 5.97 Å². The fourth-order valence-corrected chi connectivity index (χ4v) is 4.57. The van der Waals surface area contributed by atoms with E-state index in [0.717, 1.165) is 33.6 Å². The lowest BCUT2D eigenvalue weighted by atomic mass is 9.94. The molecule has 0 bridgehead atoms. The van der Waals surface area contributed by atoms with Crippen molar-refractivity contribution in [3.63, 3.8) is 0 Å². The van der Waals surface area contributed by atoms with Crippen LogP contribution in [-0.4, -0.2) is 22.0 Å². The molecule has 0 saturated heterocycles. The summed E-state index contributed by atoms with van der Waals surface area (Å²) in [6.07, 6.45) is 7.34. The number of carboxylic acids is 1. The number of allylic oxidation sites excluding steroid dienone is 2. The molecular weight excluding hydrogens is 384 g/mol. The predicted octanol–water partition coefficient (Wildman–Crippen LogP) is 4.81. The fraction of sp³-hybridized carbons (Fsp3) is 0.261. The third-order valence-corrected chi connectivity index (χ3v) is 6.09. The Balaban J connectivity index is 1.41. The van der Waals surface area contributed by atoms with Gasteiger partial charge in [-0.25, -0.2) is 9.78 Å². The molecule has 148 valence electrons. The maximum atomic E-state index is 12.3. The first-order chi connectivity index (χ1) is 14.1. The van der Waals surface area contributed by atoms with Gasteiger partial charge in [0.25, 0.3) is 0 Å². The number of rotatable bonds is 6. The third kappa shape index (κ3) is 4.71. The summed E-state index contributed by atoms with van der Waals surface area (Å²) in [5.41, 5.74) is 4.57. The van der Waals surface area contributed by atoms with E-state index in [0.29, 0.717) is 6.54 Å². The van der Waals surface area contributed by atoms with Crippen LogP contribution in [0.5, 0.6) is 0 Å². The molecule has 0 aliphatic heterocycles. The number of aromatic nitrogens is 1. The highest BCUT2D eigenvalue weighted by atomic mass is 32.1. The van der Waals surface area contributed by atoms with Crippen LogP contribution in [0, 0.1) is 0 Å². The van der Waals surface area contributed by atoms with Crippen molar-refractivity contribution in [2.75, 3.05) is 0 Å². The first-order valence-corrected chi connectivity index (χ1v) is 10.6. The zero-order chi connectivity index (χ0) is 20.2. The first kappa shape index (κ1) is 19.3. The number of nitrogens with one attached hydrogen (secondary N) is 1. The minimum Gasteiger partial charge on any atom is -0.478 e. The summed E-state index contributed by atoms with van der Waals surface area (Å²) in [6, 6.07) is 12.9. The second-order valence-corrected chi connectivity index (χ2v) is 8.34. The molecule has 1 amide bonds. The molecule has 0 fully saturated rings. The molecule has 0 spiro atoms. The number of aromatic carboxylic acids is 1. The zero-order valence-electron chi connectivity index (χ0n) is 16.0. The van der Waals surface area contributed by atoms with E-state index in [1.165, 1.54) is 30.0 Å². The van der Waals surface area contributed by atoms with Gasteiger partial charge in [-0.2, -0.15) is 0 Å². The zero-order valence-corrected chi connectivity index (χ0v) is 16.8. The topological polar surface area (TPSA) is 79.3 Å². The number of thiazole rings is 1. The number of carboxylic acid groups (broad SMARTS) is 1. The van der Waals surface area contributed by atoms with Crippen molar-refractivity contribution in [3.8, 4) is 0 Å². The minimum absolute atomic E-state index is 0.125. The highest BCUT2D eigenvalue weighted by Crippen LogP contribution is 2.31. The van der Waals surface area contributed by atoms with Gasteiger partial charge in [-0.3, -0.25) is 4.79 Å². The molecular formula is C23H22N2O3S. The number of hydrogen-bond donors (Lipinski definition) is 2. The molecule has 1 aliphatic carbocycles. The van der Waals surface area contributed by atoms with Crippen LogP contribution < -0.4 is 5.32 Å². The van der Waals surface area contributed by atoms with Crippen LogP contribution in [-0.2, 0) is 17.8 Å². The SMILES string of the molecule is O=C(Cc1nc2ccc(C3=CCCCC3)cc2s1)NCc1cccc(C(=O)O)c1. The van der Waals surface area contributed by atoms with E-state index in [-0.39, 0.29) is 17.9 Å². The Hall–Kier alpha value is -2.99. The summed E-state index contributed by atoms with van der Waals surface area (Å²) in [5.74, 6) is -1.10. The summed E-state index contributed by atoms with van der Waals surface area (Å²) in [6.45, 7) is 0.295. The van der Waals surface area contributed by atoms with Gasteiger partial charge in [0.1, 0.15) is 5.01 Å². The Morgan fingerprint density at radius 2 is 2.03 bits per heavy atom. The van der Waals surface area contributed by atoms with Gasteiger partial charge in [-0.15, -0.1) is 11.3 Å². The summed E-state index contributed by atoms with van der Waals surface area (Å²) in [7, 11) is 0. The average molecular weight is 407 g/mol. The molecule has 1 aliphatic rings. The molecule has 4 rings (SSSR count). The molecule has 6 heteroatoms. The number of nitrogens with zero attached hydrogens (tertiary/aromatic N) is 1. The van der Waals surface area contributed by atoms with Crippen LogP contribution >= 0.6 is 11.3 Å². The van der Waals surface area contributed by atoms with Crippen molar-refractivity contribution in [1.29, 1.82) is 0 Å². The minimum atomic E-state index is -0.976. The number of carbonyl (C=O) groups is 2. The van der Waals surface area contributed by atoms with E-state index in [2.05, 4.69) is 28.5 Å². The number of hydrogen-bond acceptors (Lipinski definition) is 4. The standard InChI is InChI=1S/C23H22N2O3S/c26-21(24-14-15-5-4-8-18(11-15)23(27)28)13-22-25-19-10-9-17(12-20(19)29-22)16-6-2-1-3-7-16/h4-6,8-12H,1-3,7,13-14H2,(H,24,26)(H,27,28). The second-order valence-electron chi connectivity index (χ2n) is 7.22. The summed E-state index contributed by atoms with van der Waals surface area (Å²) < 4.78 is 1.10. The van der Waals surface area contributed by atoms with Gasteiger partial charge in [-0.05, 0) is 66.6 Å². The van der Waals surface area contributed by atoms with Gasteiger partial charge in [0, 0.05) is 6.54 Å². The summed E-state index contributed by atoms with van der Waals surface area (Å²) in [5, 5.41) is 12.7. The van der Waals surface area contributed by atoms with Crippen LogP contribution in [0.1, 0.15) is 52.2 Å². The molecule has 29 heavy (non-hydrogen) atoms. The molecule has 2 aromatic carbocycles. The molecule has 1 aromatic heterocycles. The maximum absolute atomic E-state index is 12.3. The number of benzene rings is 2. The van der Waals surface area contributed by atoms with Crippen molar-refractivity contribution in [3.05, 3.63) is 70.2 Å².